The Morgan fingerprint density at radius 1 is 1.11 bits per heavy atom. The van der Waals surface area contributed by atoms with Crippen LogP contribution in [0.2, 0.25) is 0 Å². The number of aliphatic hydroxyl groups excluding tert-OH is 1. The summed E-state index contributed by atoms with van der Waals surface area (Å²) in [6.45, 7) is 5.04. The molecule has 3 aliphatic heterocycles. The summed E-state index contributed by atoms with van der Waals surface area (Å²) in [6.07, 6.45) is 2.24. The number of likely N-dealkylation sites (tertiary alicyclic amines) is 1. The van der Waals surface area contributed by atoms with Gasteiger partial charge in [0.2, 0.25) is 0 Å². The number of fused-ring (bicyclic) bond motifs is 2. The number of halogens is 2. The van der Waals surface area contributed by atoms with E-state index in [9.17, 15) is 19.1 Å². The molecule has 4 atom stereocenters. The largest absolute Gasteiger partial charge is 0.462 e. The first-order valence-corrected chi connectivity index (χ1v) is 15.7. The summed E-state index contributed by atoms with van der Waals surface area (Å²) >= 11 is 0. The monoisotopic (exact) mass is 617 g/mol. The van der Waals surface area contributed by atoms with E-state index in [1.165, 1.54) is 34.2 Å². The van der Waals surface area contributed by atoms with Gasteiger partial charge < -0.3 is 19.6 Å². The van der Waals surface area contributed by atoms with Gasteiger partial charge in [-0.25, -0.2) is 8.78 Å². The van der Waals surface area contributed by atoms with Gasteiger partial charge in [-0.1, -0.05) is 36.4 Å². The molecule has 0 aliphatic carbocycles. The number of nitrogens with zero attached hydrogens (tertiary/aromatic N) is 7. The topological polar surface area (TPSA) is 92.0 Å². The van der Waals surface area contributed by atoms with Gasteiger partial charge >= 0.3 is 6.01 Å². The second kappa shape index (κ2) is 13.6. The van der Waals surface area contributed by atoms with Crippen LogP contribution in [0.4, 0.5) is 20.3 Å². The molecule has 0 radical (unpaired) electrons. The molecular weight excluding hydrogens is 576 g/mol. The molecule has 0 amide bonds. The Morgan fingerprint density at radius 3 is 2.69 bits per heavy atom. The summed E-state index contributed by atoms with van der Waals surface area (Å²) in [5.74, 6) is 0.781. The minimum absolute atomic E-state index is 0.0549. The summed E-state index contributed by atoms with van der Waals surface area (Å²) in [5, 5.41) is 22.7. The molecule has 238 valence electrons. The number of aromatic nitrogens is 2. The number of alkyl halides is 2. The molecule has 1 aromatic heterocycles. The number of aryl methyl sites for hydroxylation is 1. The van der Waals surface area contributed by atoms with Crippen molar-refractivity contribution in [1.29, 1.82) is 5.26 Å². The zero-order valence-corrected chi connectivity index (χ0v) is 25.9. The van der Waals surface area contributed by atoms with E-state index >= 15 is 0 Å². The molecule has 3 aromatic rings. The Balaban J connectivity index is 1.32. The van der Waals surface area contributed by atoms with Crippen LogP contribution in [0.5, 0.6) is 6.01 Å². The number of likely N-dealkylation sites (N-methyl/N-ethyl adjacent to an activating group) is 1. The molecule has 45 heavy (non-hydrogen) atoms. The van der Waals surface area contributed by atoms with E-state index in [-0.39, 0.29) is 24.5 Å². The minimum Gasteiger partial charge on any atom is -0.462 e. The smallest absolute Gasteiger partial charge is 0.318 e. The summed E-state index contributed by atoms with van der Waals surface area (Å²) in [4.78, 5) is 18.2. The van der Waals surface area contributed by atoms with Gasteiger partial charge in [0, 0.05) is 61.4 Å². The average molecular weight is 618 g/mol. The predicted molar refractivity (Wildman–Crippen MR) is 171 cm³/mol. The molecule has 1 unspecified atom stereocenters. The molecule has 4 heterocycles. The number of allylic oxidation sites excluding steroid dienone is 1. The molecule has 0 spiro atoms. The zero-order chi connectivity index (χ0) is 31.5. The highest BCUT2D eigenvalue weighted by Crippen LogP contribution is 2.36. The Hall–Kier alpha value is -3.85. The van der Waals surface area contributed by atoms with Crippen molar-refractivity contribution in [3.63, 3.8) is 0 Å². The van der Waals surface area contributed by atoms with Crippen LogP contribution in [0.15, 0.2) is 48.6 Å². The molecule has 9 nitrogen and oxygen atoms in total. The van der Waals surface area contributed by atoms with E-state index in [0.29, 0.717) is 45.8 Å². The van der Waals surface area contributed by atoms with Crippen molar-refractivity contribution < 1.29 is 18.6 Å². The molecule has 0 bridgehead atoms. The van der Waals surface area contributed by atoms with Crippen molar-refractivity contribution >= 4 is 22.3 Å². The number of aliphatic hydroxyl groups is 1. The molecule has 2 saturated heterocycles. The molecular formula is C34H41F2N7O2. The van der Waals surface area contributed by atoms with Crippen molar-refractivity contribution in [2.24, 2.45) is 0 Å². The third-order valence-electron chi connectivity index (χ3n) is 9.39. The highest BCUT2D eigenvalue weighted by molar-refractivity contribution is 5.97. The van der Waals surface area contributed by atoms with Crippen LogP contribution in [-0.2, 0) is 13.0 Å². The molecule has 11 heteroatoms. The molecule has 0 saturated carbocycles. The van der Waals surface area contributed by atoms with Crippen molar-refractivity contribution in [3.05, 3.63) is 65.4 Å². The van der Waals surface area contributed by atoms with E-state index in [2.05, 4.69) is 59.2 Å². The summed E-state index contributed by atoms with van der Waals surface area (Å²) in [7, 11) is 1.91. The number of hydrogen-bond donors (Lipinski definition) is 1. The summed E-state index contributed by atoms with van der Waals surface area (Å²) in [6, 6.07) is 14.9. The van der Waals surface area contributed by atoms with E-state index < -0.39 is 19.1 Å². The fraction of sp³-hybridized carbons (Fsp3) is 0.500. The second-order valence-corrected chi connectivity index (χ2v) is 12.3. The highest BCUT2D eigenvalue weighted by atomic mass is 19.1. The van der Waals surface area contributed by atoms with Gasteiger partial charge in [0.25, 0.3) is 0 Å². The van der Waals surface area contributed by atoms with E-state index in [0.717, 1.165) is 30.0 Å². The van der Waals surface area contributed by atoms with Crippen molar-refractivity contribution in [2.75, 3.05) is 62.9 Å². The summed E-state index contributed by atoms with van der Waals surface area (Å²) in [5.41, 5.74) is 4.33. The number of anilines is 2. The van der Waals surface area contributed by atoms with Gasteiger partial charge in [0.1, 0.15) is 31.5 Å². The first-order chi connectivity index (χ1) is 21.9. The minimum atomic E-state index is -0.972. The van der Waals surface area contributed by atoms with Crippen LogP contribution >= 0.6 is 0 Å². The third-order valence-corrected chi connectivity index (χ3v) is 9.39. The van der Waals surface area contributed by atoms with Crippen molar-refractivity contribution in [1.82, 2.24) is 19.8 Å². The van der Waals surface area contributed by atoms with Gasteiger partial charge in [0.15, 0.2) is 0 Å². The first-order valence-electron chi connectivity index (χ1n) is 15.7. The van der Waals surface area contributed by atoms with Gasteiger partial charge in [-0.2, -0.15) is 15.2 Å². The zero-order valence-electron chi connectivity index (χ0n) is 25.9. The Kier molecular flexibility index (Phi) is 9.45. The molecule has 3 aliphatic rings. The number of nitriles is 1. The number of rotatable bonds is 9. The van der Waals surface area contributed by atoms with Gasteiger partial charge in [-0.05, 0) is 49.9 Å². The highest BCUT2D eigenvalue weighted by Gasteiger charge is 2.35. The SMILES string of the molecule is Cc1cccc2cccc(N3CCc4c(nc(OC[C@@H]5C[C@@H](F)CN5C)nc4N4CCN(C(O)/C=C/CF)[C@@H](CC#N)C4)C3)c12. The predicted octanol–water partition coefficient (Wildman–Crippen LogP) is 4.17. The second-order valence-electron chi connectivity index (χ2n) is 12.3. The lowest BCUT2D eigenvalue weighted by Gasteiger charge is -2.43. The van der Waals surface area contributed by atoms with Crippen LogP contribution in [0.3, 0.4) is 0 Å². The van der Waals surface area contributed by atoms with E-state index in [4.69, 9.17) is 14.7 Å². The lowest BCUT2D eigenvalue weighted by Crippen LogP contribution is -2.56. The Bertz CT molecular complexity index is 1570. The average Bonchev–Trinajstić information content (AvgIpc) is 3.38. The van der Waals surface area contributed by atoms with Crippen molar-refractivity contribution in [3.8, 4) is 12.1 Å². The van der Waals surface area contributed by atoms with Crippen LogP contribution in [0.1, 0.15) is 29.7 Å². The normalized spacial score (nSPS) is 23.4. The quantitative estimate of drug-likeness (QED) is 0.355. The maximum Gasteiger partial charge on any atom is 0.318 e. The lowest BCUT2D eigenvalue weighted by molar-refractivity contribution is 0.00386. The van der Waals surface area contributed by atoms with E-state index in [1.807, 2.05) is 16.8 Å². The lowest BCUT2D eigenvalue weighted by atomic mass is 9.99. The van der Waals surface area contributed by atoms with E-state index in [1.54, 1.807) is 0 Å². The fourth-order valence-electron chi connectivity index (χ4n) is 7.05. The van der Waals surface area contributed by atoms with Crippen LogP contribution in [0, 0.1) is 18.3 Å². The molecule has 1 N–H and O–H groups in total. The number of piperazine rings is 1. The number of ether oxygens (including phenoxy) is 1. The van der Waals surface area contributed by atoms with Crippen LogP contribution in [-0.4, -0.2) is 102 Å². The molecule has 2 aromatic carbocycles. The standard InChI is InChI=1S/C34H41F2N7O2/c1-23-6-3-7-24-8-4-9-30(32(23)24)41-15-12-28-29(21-41)38-34(45-22-27-18-25(36)19-40(27)2)39-33(28)42-16-17-43(26(20-42)11-14-37)31(44)10-5-13-35/h3-10,25-27,31,44H,11-13,15-22H2,1-2H3/b10-5+/t25-,26+,27+,31?/m1/s1. The fourth-order valence-corrected chi connectivity index (χ4v) is 7.05. The van der Waals surface area contributed by atoms with Gasteiger partial charge in [-0.3, -0.25) is 9.80 Å². The number of hydrogen-bond acceptors (Lipinski definition) is 9. The Labute approximate surface area is 263 Å². The molecule has 2 fully saturated rings. The third kappa shape index (κ3) is 6.59. The molecule has 6 rings (SSSR count). The maximum atomic E-state index is 14.1. The van der Waals surface area contributed by atoms with Gasteiger partial charge in [-0.15, -0.1) is 0 Å². The Morgan fingerprint density at radius 2 is 1.93 bits per heavy atom. The van der Waals surface area contributed by atoms with Crippen molar-refractivity contribution in [2.45, 2.75) is 57.2 Å². The first kappa shape index (κ1) is 31.1. The number of benzene rings is 2. The van der Waals surface area contributed by atoms with Crippen LogP contribution < -0.4 is 14.5 Å². The summed E-state index contributed by atoms with van der Waals surface area (Å²) < 4.78 is 33.0. The van der Waals surface area contributed by atoms with Crippen LogP contribution in [0.25, 0.3) is 10.8 Å². The maximum absolute atomic E-state index is 14.1. The van der Waals surface area contributed by atoms with Gasteiger partial charge in [0.05, 0.1) is 24.7 Å².